The Morgan fingerprint density at radius 3 is 2.12 bits per heavy atom. The van der Waals surface area contributed by atoms with E-state index >= 15 is 0 Å². The van der Waals surface area contributed by atoms with Gasteiger partial charge in [-0.05, 0) is 38.1 Å². The van der Waals surface area contributed by atoms with E-state index < -0.39 is 10.0 Å². The molecule has 0 aliphatic rings. The van der Waals surface area contributed by atoms with Gasteiger partial charge in [0.25, 0.3) is 0 Å². The monoisotopic (exact) mass is 256 g/mol. The maximum absolute atomic E-state index is 11.8. The molecule has 0 aromatic heterocycles. The molecule has 0 fully saturated rings. The molecule has 1 amide bonds. The maximum Gasteiger partial charge on any atom is 0.240 e. The van der Waals surface area contributed by atoms with Crippen LogP contribution < -0.4 is 10.0 Å². The van der Waals surface area contributed by atoms with Crippen molar-refractivity contribution in [2.24, 2.45) is 0 Å². The summed E-state index contributed by atoms with van der Waals surface area (Å²) in [5.41, 5.74) is 0.570. The van der Waals surface area contributed by atoms with E-state index in [9.17, 15) is 13.2 Å². The van der Waals surface area contributed by atoms with E-state index in [1.54, 1.807) is 26.0 Å². The fourth-order valence-electron chi connectivity index (χ4n) is 1.30. The zero-order valence-corrected chi connectivity index (χ0v) is 10.8. The molecule has 2 N–H and O–H groups in total. The van der Waals surface area contributed by atoms with Gasteiger partial charge in [-0.3, -0.25) is 4.79 Å². The molecule has 0 bridgehead atoms. The first-order chi connectivity index (χ1) is 7.81. The number of sulfonamides is 1. The summed E-state index contributed by atoms with van der Waals surface area (Å²) in [6.45, 7) is 4.90. The lowest BCUT2D eigenvalue weighted by Crippen LogP contribution is -2.30. The van der Waals surface area contributed by atoms with Crippen molar-refractivity contribution in [2.75, 3.05) is 5.32 Å². The Labute approximate surface area is 101 Å². The van der Waals surface area contributed by atoms with Crippen LogP contribution >= 0.6 is 0 Å². The van der Waals surface area contributed by atoms with Crippen molar-refractivity contribution >= 4 is 21.6 Å². The number of benzene rings is 1. The van der Waals surface area contributed by atoms with Crippen molar-refractivity contribution < 1.29 is 13.2 Å². The van der Waals surface area contributed by atoms with Crippen LogP contribution in [-0.4, -0.2) is 20.4 Å². The van der Waals surface area contributed by atoms with E-state index in [1.165, 1.54) is 19.1 Å². The smallest absolute Gasteiger partial charge is 0.240 e. The highest BCUT2D eigenvalue weighted by Crippen LogP contribution is 2.14. The van der Waals surface area contributed by atoms with Gasteiger partial charge < -0.3 is 5.32 Å². The number of carbonyl (C=O) groups is 1. The second-order valence-corrected chi connectivity index (χ2v) is 5.70. The second kappa shape index (κ2) is 5.29. The van der Waals surface area contributed by atoms with E-state index in [-0.39, 0.29) is 16.8 Å². The number of carbonyl (C=O) groups excluding carboxylic acids is 1. The predicted octanol–water partition coefficient (Wildman–Crippen LogP) is 1.33. The van der Waals surface area contributed by atoms with Crippen molar-refractivity contribution in [3.05, 3.63) is 24.3 Å². The van der Waals surface area contributed by atoms with Gasteiger partial charge in [0, 0.05) is 18.7 Å². The Balaban J connectivity index is 2.91. The third kappa shape index (κ3) is 4.16. The molecule has 0 saturated carbocycles. The highest BCUT2D eigenvalue weighted by Gasteiger charge is 2.14. The Morgan fingerprint density at radius 1 is 1.18 bits per heavy atom. The second-order valence-electron chi connectivity index (χ2n) is 3.98. The molecule has 5 nitrogen and oxygen atoms in total. The van der Waals surface area contributed by atoms with Gasteiger partial charge in [-0.15, -0.1) is 0 Å². The quantitative estimate of drug-likeness (QED) is 0.853. The molecule has 1 aromatic carbocycles. The van der Waals surface area contributed by atoms with E-state index in [0.29, 0.717) is 5.69 Å². The number of hydrogen-bond donors (Lipinski definition) is 2. The minimum atomic E-state index is -3.47. The van der Waals surface area contributed by atoms with Gasteiger partial charge in [0.05, 0.1) is 4.90 Å². The van der Waals surface area contributed by atoms with Crippen molar-refractivity contribution in [2.45, 2.75) is 31.7 Å². The van der Waals surface area contributed by atoms with Crippen LogP contribution in [0.2, 0.25) is 0 Å². The van der Waals surface area contributed by atoms with E-state index in [1.807, 2.05) is 0 Å². The van der Waals surface area contributed by atoms with Gasteiger partial charge in [0.15, 0.2) is 0 Å². The lowest BCUT2D eigenvalue weighted by Gasteiger charge is -2.10. The molecule has 1 rings (SSSR count). The van der Waals surface area contributed by atoms with Crippen LogP contribution in [0, 0.1) is 0 Å². The fraction of sp³-hybridized carbons (Fsp3) is 0.364. The molecule has 0 aliphatic heterocycles. The van der Waals surface area contributed by atoms with E-state index in [4.69, 9.17) is 0 Å². The van der Waals surface area contributed by atoms with Gasteiger partial charge in [0.2, 0.25) is 15.9 Å². The summed E-state index contributed by atoms with van der Waals surface area (Å²) in [5, 5.41) is 2.57. The number of nitrogens with one attached hydrogen (secondary N) is 2. The normalized spacial score (nSPS) is 11.5. The molecule has 0 saturated heterocycles. The lowest BCUT2D eigenvalue weighted by atomic mass is 10.3. The van der Waals surface area contributed by atoms with Gasteiger partial charge in [0.1, 0.15) is 0 Å². The third-order valence-corrected chi connectivity index (χ3v) is 3.55. The van der Waals surface area contributed by atoms with Gasteiger partial charge in [-0.2, -0.15) is 0 Å². The Morgan fingerprint density at radius 2 is 1.71 bits per heavy atom. The SMILES string of the molecule is CC(=O)Nc1ccc(S(=O)(=O)NC(C)C)cc1. The number of hydrogen-bond acceptors (Lipinski definition) is 3. The Bertz CT molecular complexity index is 492. The average Bonchev–Trinajstić information content (AvgIpc) is 2.15. The van der Waals surface area contributed by atoms with E-state index in [0.717, 1.165) is 0 Å². The van der Waals surface area contributed by atoms with Crippen LogP contribution in [0.25, 0.3) is 0 Å². The first-order valence-electron chi connectivity index (χ1n) is 5.21. The molecule has 1 aromatic rings. The number of anilines is 1. The van der Waals surface area contributed by atoms with Gasteiger partial charge in [-0.25, -0.2) is 13.1 Å². The molecule has 0 unspecified atom stereocenters. The zero-order valence-electron chi connectivity index (χ0n) is 10.0. The summed E-state index contributed by atoms with van der Waals surface area (Å²) in [4.78, 5) is 11.0. The lowest BCUT2D eigenvalue weighted by molar-refractivity contribution is -0.114. The zero-order chi connectivity index (χ0) is 13.1. The molecule has 0 aliphatic carbocycles. The first-order valence-corrected chi connectivity index (χ1v) is 6.69. The molecular weight excluding hydrogens is 240 g/mol. The van der Waals surface area contributed by atoms with Crippen molar-refractivity contribution in [3.8, 4) is 0 Å². The van der Waals surface area contributed by atoms with Crippen LogP contribution in [0.15, 0.2) is 29.2 Å². The number of amides is 1. The number of rotatable bonds is 4. The predicted molar refractivity (Wildman–Crippen MR) is 66.2 cm³/mol. The van der Waals surface area contributed by atoms with E-state index in [2.05, 4.69) is 10.0 Å². The van der Waals surface area contributed by atoms with Crippen LogP contribution in [0.4, 0.5) is 5.69 Å². The Kier molecular flexibility index (Phi) is 4.25. The molecule has 0 radical (unpaired) electrons. The molecule has 6 heteroatoms. The molecule has 0 heterocycles. The standard InChI is InChI=1S/C11H16N2O3S/c1-8(2)13-17(15,16)11-6-4-10(5-7-11)12-9(3)14/h4-8,13H,1-3H3,(H,12,14). The minimum Gasteiger partial charge on any atom is -0.326 e. The molecule has 0 atom stereocenters. The topological polar surface area (TPSA) is 75.3 Å². The van der Waals surface area contributed by atoms with Crippen molar-refractivity contribution in [1.29, 1.82) is 0 Å². The first kappa shape index (κ1) is 13.7. The molecule has 0 spiro atoms. The summed E-state index contributed by atoms with van der Waals surface area (Å²) in [5.74, 6) is -0.194. The average molecular weight is 256 g/mol. The largest absolute Gasteiger partial charge is 0.326 e. The minimum absolute atomic E-state index is 0.157. The van der Waals surface area contributed by atoms with Crippen molar-refractivity contribution in [3.63, 3.8) is 0 Å². The maximum atomic E-state index is 11.8. The van der Waals surface area contributed by atoms with Crippen molar-refractivity contribution in [1.82, 2.24) is 4.72 Å². The van der Waals surface area contributed by atoms with Crippen LogP contribution in [-0.2, 0) is 14.8 Å². The Hall–Kier alpha value is -1.40. The summed E-state index contributed by atoms with van der Waals surface area (Å²) in [7, 11) is -3.47. The summed E-state index contributed by atoms with van der Waals surface area (Å²) in [6, 6.07) is 5.86. The molecule has 94 valence electrons. The highest BCUT2D eigenvalue weighted by atomic mass is 32.2. The highest BCUT2D eigenvalue weighted by molar-refractivity contribution is 7.89. The summed E-state index contributed by atoms with van der Waals surface area (Å²) < 4.78 is 26.0. The van der Waals surface area contributed by atoms with Gasteiger partial charge in [-0.1, -0.05) is 0 Å². The molecule has 17 heavy (non-hydrogen) atoms. The van der Waals surface area contributed by atoms with Gasteiger partial charge >= 0.3 is 0 Å². The molecular formula is C11H16N2O3S. The fourth-order valence-corrected chi connectivity index (χ4v) is 2.55. The third-order valence-electron chi connectivity index (χ3n) is 1.88. The van der Waals surface area contributed by atoms with Crippen LogP contribution in [0.5, 0.6) is 0 Å². The summed E-state index contributed by atoms with van der Waals surface area (Å²) in [6.07, 6.45) is 0. The summed E-state index contributed by atoms with van der Waals surface area (Å²) >= 11 is 0. The van der Waals surface area contributed by atoms with Crippen LogP contribution in [0.1, 0.15) is 20.8 Å². The van der Waals surface area contributed by atoms with Crippen LogP contribution in [0.3, 0.4) is 0 Å².